The lowest BCUT2D eigenvalue weighted by Gasteiger charge is -2.44. The van der Waals surface area contributed by atoms with E-state index in [1.807, 2.05) is 25.1 Å². The van der Waals surface area contributed by atoms with Crippen molar-refractivity contribution in [3.63, 3.8) is 0 Å². The molecule has 2 unspecified atom stereocenters. The first-order chi connectivity index (χ1) is 14.2. The molecule has 0 saturated carbocycles. The van der Waals surface area contributed by atoms with Gasteiger partial charge >= 0.3 is 0 Å². The minimum absolute atomic E-state index is 0.0894. The molecule has 0 spiro atoms. The molecular formula is C25H35NO3Si. The number of nitrogens with zero attached hydrogens (tertiary/aromatic N) is 1. The van der Waals surface area contributed by atoms with Crippen LogP contribution in [0.3, 0.4) is 0 Å². The third kappa shape index (κ3) is 4.91. The zero-order valence-corrected chi connectivity index (χ0v) is 20.1. The van der Waals surface area contributed by atoms with Gasteiger partial charge in [0.2, 0.25) is 5.91 Å². The molecule has 5 heteroatoms. The number of carbonyl (C=O) groups is 1. The minimum Gasteiger partial charge on any atom is -0.407 e. The van der Waals surface area contributed by atoms with Crippen molar-refractivity contribution >= 4 is 24.6 Å². The first-order valence-corrected chi connectivity index (χ1v) is 12.3. The molecular weight excluding hydrogens is 390 g/mol. The van der Waals surface area contributed by atoms with Gasteiger partial charge in [0.25, 0.3) is 8.32 Å². The molecule has 2 rings (SSSR count). The van der Waals surface area contributed by atoms with Crippen LogP contribution in [0.4, 0.5) is 0 Å². The summed E-state index contributed by atoms with van der Waals surface area (Å²) in [6.45, 7) is 13.0. The molecule has 0 aliphatic heterocycles. The molecule has 162 valence electrons. The molecule has 0 saturated heterocycles. The Bertz CT molecular complexity index is 778. The molecule has 0 heterocycles. The van der Waals surface area contributed by atoms with E-state index in [1.165, 1.54) is 22.5 Å². The Morgan fingerprint density at radius 1 is 1.07 bits per heavy atom. The fourth-order valence-electron chi connectivity index (χ4n) is 3.96. The second kappa shape index (κ2) is 10.2. The van der Waals surface area contributed by atoms with Crippen LogP contribution in [-0.2, 0) is 14.1 Å². The first kappa shape index (κ1) is 24.1. The normalized spacial score (nSPS) is 14.1. The van der Waals surface area contributed by atoms with Crippen molar-refractivity contribution in [2.45, 2.75) is 32.7 Å². The molecule has 2 aromatic carbocycles. The summed E-state index contributed by atoms with van der Waals surface area (Å²) in [5, 5.41) is 3.60. The summed E-state index contributed by atoms with van der Waals surface area (Å²) in [7, 11) is 0.471. The highest BCUT2D eigenvalue weighted by Gasteiger charge is 2.50. The number of hydrogen-bond donors (Lipinski definition) is 0. The second-order valence-corrected chi connectivity index (χ2v) is 13.0. The van der Waals surface area contributed by atoms with Crippen LogP contribution in [0.15, 0.2) is 73.3 Å². The lowest BCUT2D eigenvalue weighted by molar-refractivity contribution is -0.174. The number of amides is 1. The maximum absolute atomic E-state index is 12.6. The number of rotatable bonds is 9. The predicted molar refractivity (Wildman–Crippen MR) is 126 cm³/mol. The van der Waals surface area contributed by atoms with E-state index in [0.717, 1.165) is 0 Å². The summed E-state index contributed by atoms with van der Waals surface area (Å²) < 4.78 is 6.96. The molecule has 30 heavy (non-hydrogen) atoms. The zero-order chi connectivity index (χ0) is 22.4. The number of hydrogen-bond acceptors (Lipinski definition) is 3. The number of hydroxylamine groups is 2. The molecule has 0 aromatic heterocycles. The van der Waals surface area contributed by atoms with E-state index in [0.29, 0.717) is 6.61 Å². The van der Waals surface area contributed by atoms with Gasteiger partial charge in [0.1, 0.15) is 0 Å². The van der Waals surface area contributed by atoms with Crippen molar-refractivity contribution < 1.29 is 14.1 Å². The Balaban J connectivity index is 2.48. The van der Waals surface area contributed by atoms with Gasteiger partial charge in [-0.05, 0) is 15.4 Å². The van der Waals surface area contributed by atoms with Crippen molar-refractivity contribution in [1.29, 1.82) is 0 Å². The van der Waals surface area contributed by atoms with Gasteiger partial charge < -0.3 is 4.43 Å². The Kier molecular flexibility index (Phi) is 8.18. The highest BCUT2D eigenvalue weighted by Crippen LogP contribution is 2.37. The van der Waals surface area contributed by atoms with Crippen LogP contribution >= 0.6 is 0 Å². The maximum atomic E-state index is 12.6. The zero-order valence-electron chi connectivity index (χ0n) is 19.1. The predicted octanol–water partition coefficient (Wildman–Crippen LogP) is 4.02. The van der Waals surface area contributed by atoms with Crippen molar-refractivity contribution in [2.75, 3.05) is 20.8 Å². The molecule has 0 bridgehead atoms. The molecule has 1 amide bonds. The molecule has 2 atom stereocenters. The van der Waals surface area contributed by atoms with Gasteiger partial charge in [0.15, 0.2) is 0 Å². The van der Waals surface area contributed by atoms with Gasteiger partial charge in [-0.1, -0.05) is 94.4 Å². The summed E-state index contributed by atoms with van der Waals surface area (Å²) in [5.74, 6) is -0.518. The summed E-state index contributed by atoms with van der Waals surface area (Å²) >= 11 is 0. The van der Waals surface area contributed by atoms with Gasteiger partial charge in [-0.3, -0.25) is 9.63 Å². The van der Waals surface area contributed by atoms with E-state index >= 15 is 0 Å². The van der Waals surface area contributed by atoms with Gasteiger partial charge in [-0.2, -0.15) is 0 Å². The van der Waals surface area contributed by atoms with Crippen LogP contribution in [0.25, 0.3) is 0 Å². The van der Waals surface area contributed by atoms with Crippen LogP contribution in [0, 0.1) is 11.8 Å². The Morgan fingerprint density at radius 2 is 1.53 bits per heavy atom. The summed E-state index contributed by atoms with van der Waals surface area (Å²) in [4.78, 5) is 17.7. The quantitative estimate of drug-likeness (QED) is 0.346. The fourth-order valence-corrected chi connectivity index (χ4v) is 8.56. The summed E-state index contributed by atoms with van der Waals surface area (Å²) in [6.07, 6.45) is 1.82. The first-order valence-electron chi connectivity index (χ1n) is 10.4. The average molecular weight is 426 g/mol. The maximum Gasteiger partial charge on any atom is 0.261 e. The average Bonchev–Trinajstić information content (AvgIpc) is 2.75. The Hall–Kier alpha value is -2.21. The van der Waals surface area contributed by atoms with Crippen molar-refractivity contribution in [3.05, 3.63) is 73.3 Å². The molecule has 2 aromatic rings. The molecule has 0 fully saturated rings. The topological polar surface area (TPSA) is 38.8 Å². The SMILES string of the molecule is C=CC(CO[Si](c1ccccc1)(c1ccccc1)C(C)(C)C)C(C)C(=O)N(C)OC. The van der Waals surface area contributed by atoms with Crippen LogP contribution in [0.1, 0.15) is 27.7 Å². The molecule has 0 N–H and O–H groups in total. The number of benzene rings is 2. The van der Waals surface area contributed by atoms with Crippen molar-refractivity contribution in [1.82, 2.24) is 5.06 Å². The lowest BCUT2D eigenvalue weighted by atomic mass is 9.94. The molecule has 0 radical (unpaired) electrons. The van der Waals surface area contributed by atoms with Crippen LogP contribution in [0.2, 0.25) is 5.04 Å². The van der Waals surface area contributed by atoms with Crippen LogP contribution in [-0.4, -0.2) is 40.1 Å². The Labute approximate surface area is 182 Å². The Morgan fingerprint density at radius 3 is 1.90 bits per heavy atom. The van der Waals surface area contributed by atoms with E-state index in [1.54, 1.807) is 7.05 Å². The van der Waals surface area contributed by atoms with Crippen LogP contribution in [0.5, 0.6) is 0 Å². The smallest absolute Gasteiger partial charge is 0.261 e. The summed E-state index contributed by atoms with van der Waals surface area (Å²) in [6, 6.07) is 21.0. The van der Waals surface area contributed by atoms with Gasteiger partial charge in [-0.15, -0.1) is 6.58 Å². The third-order valence-corrected chi connectivity index (χ3v) is 10.8. The monoisotopic (exact) mass is 425 g/mol. The van der Waals surface area contributed by atoms with E-state index in [9.17, 15) is 4.79 Å². The molecule has 0 aliphatic carbocycles. The highest BCUT2D eigenvalue weighted by molar-refractivity contribution is 6.99. The third-order valence-electron chi connectivity index (χ3n) is 5.83. The van der Waals surface area contributed by atoms with Gasteiger partial charge in [0, 0.05) is 25.5 Å². The molecule has 4 nitrogen and oxygen atoms in total. The second-order valence-electron chi connectivity index (χ2n) is 8.68. The fraction of sp³-hybridized carbons (Fsp3) is 0.400. The lowest BCUT2D eigenvalue weighted by Crippen LogP contribution is -2.67. The van der Waals surface area contributed by atoms with Gasteiger partial charge in [-0.25, -0.2) is 5.06 Å². The van der Waals surface area contributed by atoms with Crippen LogP contribution < -0.4 is 10.4 Å². The van der Waals surface area contributed by atoms with E-state index in [2.05, 4.69) is 75.9 Å². The minimum atomic E-state index is -2.65. The summed E-state index contributed by atoms with van der Waals surface area (Å²) in [5.41, 5.74) is 0. The van der Waals surface area contributed by atoms with Crippen molar-refractivity contribution in [2.24, 2.45) is 11.8 Å². The van der Waals surface area contributed by atoms with Crippen molar-refractivity contribution in [3.8, 4) is 0 Å². The van der Waals surface area contributed by atoms with E-state index in [-0.39, 0.29) is 22.8 Å². The van der Waals surface area contributed by atoms with E-state index in [4.69, 9.17) is 9.26 Å². The van der Waals surface area contributed by atoms with Gasteiger partial charge in [0.05, 0.1) is 7.11 Å². The highest BCUT2D eigenvalue weighted by atomic mass is 28.4. The largest absolute Gasteiger partial charge is 0.407 e. The standard InChI is InChI=1S/C25H35NO3Si/c1-8-21(20(2)24(27)26(6)28-7)19-29-30(25(3,4)5,22-15-11-9-12-16-22)23-17-13-10-14-18-23/h8-18,20-21H,1,19H2,2-7H3. The molecule has 0 aliphatic rings. The number of carbonyl (C=O) groups excluding carboxylic acids is 1. The van der Waals surface area contributed by atoms with E-state index < -0.39 is 8.32 Å².